The Balaban J connectivity index is 4.54. The highest BCUT2D eigenvalue weighted by molar-refractivity contribution is 14.1. The van der Waals surface area contributed by atoms with E-state index in [4.69, 9.17) is 4.74 Å². The van der Waals surface area contributed by atoms with Crippen molar-refractivity contribution in [2.45, 2.75) is 48.0 Å². The maximum Gasteiger partial charge on any atom is 0.309 e. The summed E-state index contributed by atoms with van der Waals surface area (Å²) in [7, 11) is 0. The van der Waals surface area contributed by atoms with Gasteiger partial charge in [-0.25, -0.2) is 0 Å². The first-order chi connectivity index (χ1) is 7.58. The topological polar surface area (TPSA) is 38.3 Å². The number of carbonyl (C=O) groups is 1. The maximum absolute atomic E-state index is 12.1. The highest BCUT2D eigenvalue weighted by Crippen LogP contribution is 2.36. The molecule has 17 heavy (non-hydrogen) atoms. The number of hydrogen-bond donors (Lipinski definition) is 1. The van der Waals surface area contributed by atoms with Crippen molar-refractivity contribution < 1.29 is 9.53 Å². The highest BCUT2D eigenvalue weighted by atomic mass is 127. The van der Waals surface area contributed by atoms with Gasteiger partial charge in [0, 0.05) is 29.4 Å². The summed E-state index contributed by atoms with van der Waals surface area (Å²) in [6.07, 6.45) is 0.854. The molecule has 0 saturated heterocycles. The number of halogens is 1. The first-order valence-corrected chi connectivity index (χ1v) is 7.16. The fraction of sp³-hybridized carbons (Fsp3) is 0.923. The van der Waals surface area contributed by atoms with E-state index in [9.17, 15) is 4.79 Å². The van der Waals surface area contributed by atoms with Gasteiger partial charge < -0.3 is 4.74 Å². The summed E-state index contributed by atoms with van der Waals surface area (Å²) in [6, 6.07) is 0. The van der Waals surface area contributed by atoms with Gasteiger partial charge in [-0.05, 0) is 17.3 Å². The van der Waals surface area contributed by atoms with Gasteiger partial charge in [0.2, 0.25) is 0 Å². The van der Waals surface area contributed by atoms with Crippen molar-refractivity contribution >= 4 is 28.8 Å². The number of rotatable bonds is 5. The van der Waals surface area contributed by atoms with Crippen LogP contribution < -0.4 is 3.53 Å². The second-order valence-electron chi connectivity index (χ2n) is 6.73. The van der Waals surface area contributed by atoms with Crippen LogP contribution in [0.1, 0.15) is 48.0 Å². The van der Waals surface area contributed by atoms with Crippen LogP contribution in [0.5, 0.6) is 0 Å². The fourth-order valence-electron chi connectivity index (χ4n) is 1.65. The Morgan fingerprint density at radius 3 is 2.12 bits per heavy atom. The minimum Gasteiger partial charge on any atom is -0.464 e. The standard InChI is InChI=1S/C13H26INO2/c1-12(2,3)9-10(13(4,5)6)11(16)17-8-7-15-14/h10,15H,7-9H2,1-6H3. The monoisotopic (exact) mass is 355 g/mol. The summed E-state index contributed by atoms with van der Waals surface area (Å²) in [5.74, 6) is -0.115. The molecule has 0 aromatic rings. The van der Waals surface area contributed by atoms with Crippen molar-refractivity contribution in [1.29, 1.82) is 0 Å². The van der Waals surface area contributed by atoms with Crippen molar-refractivity contribution in [2.75, 3.05) is 13.2 Å². The first kappa shape index (κ1) is 17.2. The summed E-state index contributed by atoms with van der Waals surface area (Å²) < 4.78 is 8.25. The lowest BCUT2D eigenvalue weighted by molar-refractivity contribution is -0.153. The van der Waals surface area contributed by atoms with E-state index in [1.807, 2.05) is 22.9 Å². The molecule has 0 aliphatic rings. The lowest BCUT2D eigenvalue weighted by Gasteiger charge is -2.33. The summed E-state index contributed by atoms with van der Waals surface area (Å²) in [5, 5.41) is 0. The van der Waals surface area contributed by atoms with Gasteiger partial charge in [0.25, 0.3) is 0 Å². The molecule has 3 nitrogen and oxygen atoms in total. The maximum atomic E-state index is 12.1. The van der Waals surface area contributed by atoms with Gasteiger partial charge in [0.1, 0.15) is 6.61 Å². The zero-order valence-corrected chi connectivity index (χ0v) is 14.1. The predicted molar refractivity (Wildman–Crippen MR) is 80.0 cm³/mol. The van der Waals surface area contributed by atoms with Gasteiger partial charge in [0.15, 0.2) is 0 Å². The van der Waals surface area contributed by atoms with Crippen LogP contribution in [-0.4, -0.2) is 19.1 Å². The predicted octanol–water partition coefficient (Wildman–Crippen LogP) is 3.57. The Hall–Kier alpha value is 0.160. The van der Waals surface area contributed by atoms with Crippen molar-refractivity contribution in [3.8, 4) is 0 Å². The number of nitrogens with one attached hydrogen (secondary N) is 1. The van der Waals surface area contributed by atoms with Crippen LogP contribution in [0.4, 0.5) is 0 Å². The van der Waals surface area contributed by atoms with Gasteiger partial charge in [-0.1, -0.05) is 41.5 Å². The van der Waals surface area contributed by atoms with Crippen LogP contribution in [0.25, 0.3) is 0 Å². The molecule has 0 aromatic carbocycles. The molecule has 0 aliphatic heterocycles. The van der Waals surface area contributed by atoms with E-state index in [1.165, 1.54) is 0 Å². The van der Waals surface area contributed by atoms with Crippen LogP contribution in [0.2, 0.25) is 0 Å². The molecule has 0 rings (SSSR count). The van der Waals surface area contributed by atoms with E-state index in [0.29, 0.717) is 13.2 Å². The molecule has 0 aromatic heterocycles. The summed E-state index contributed by atoms with van der Waals surface area (Å²) >= 11 is 2.05. The van der Waals surface area contributed by atoms with Crippen LogP contribution in [-0.2, 0) is 9.53 Å². The third-order valence-electron chi connectivity index (χ3n) is 2.59. The molecule has 102 valence electrons. The number of esters is 1. The summed E-state index contributed by atoms with van der Waals surface area (Å²) in [6.45, 7) is 13.9. The molecule has 1 N–H and O–H groups in total. The molecule has 0 fully saturated rings. The van der Waals surface area contributed by atoms with Gasteiger partial charge in [-0.3, -0.25) is 8.32 Å². The Labute approximate surface area is 120 Å². The molecule has 1 unspecified atom stereocenters. The van der Waals surface area contributed by atoms with E-state index < -0.39 is 0 Å². The molecular weight excluding hydrogens is 329 g/mol. The van der Waals surface area contributed by atoms with Crippen LogP contribution in [0.3, 0.4) is 0 Å². The molecule has 1 atom stereocenters. The Kier molecular flexibility index (Phi) is 6.99. The molecule has 0 radical (unpaired) electrons. The molecule has 0 aliphatic carbocycles. The Bertz CT molecular complexity index is 241. The average molecular weight is 355 g/mol. The van der Waals surface area contributed by atoms with E-state index in [-0.39, 0.29) is 22.7 Å². The third-order valence-corrected chi connectivity index (χ3v) is 3.13. The van der Waals surface area contributed by atoms with Gasteiger partial charge in [0.05, 0.1) is 5.92 Å². The van der Waals surface area contributed by atoms with Crippen molar-refractivity contribution in [2.24, 2.45) is 16.7 Å². The fourth-order valence-corrected chi connectivity index (χ4v) is 1.87. The smallest absolute Gasteiger partial charge is 0.309 e. The quantitative estimate of drug-likeness (QED) is 0.355. The number of ether oxygens (including phenoxy) is 1. The van der Waals surface area contributed by atoms with E-state index >= 15 is 0 Å². The average Bonchev–Trinajstić information content (AvgIpc) is 2.11. The van der Waals surface area contributed by atoms with Crippen LogP contribution in [0, 0.1) is 16.7 Å². The normalized spacial score (nSPS) is 14.5. The van der Waals surface area contributed by atoms with E-state index in [0.717, 1.165) is 6.42 Å². The van der Waals surface area contributed by atoms with Gasteiger partial charge >= 0.3 is 5.97 Å². The molecule has 0 spiro atoms. The minimum atomic E-state index is -0.0703. The van der Waals surface area contributed by atoms with Crippen molar-refractivity contribution in [1.82, 2.24) is 3.53 Å². The molecule has 0 amide bonds. The lowest BCUT2D eigenvalue weighted by Crippen LogP contribution is -2.34. The van der Waals surface area contributed by atoms with E-state index in [1.54, 1.807) is 0 Å². The summed E-state index contributed by atoms with van der Waals surface area (Å²) in [5.41, 5.74) is 0.0839. The largest absolute Gasteiger partial charge is 0.464 e. The summed E-state index contributed by atoms with van der Waals surface area (Å²) in [4.78, 5) is 12.1. The molecule has 0 saturated carbocycles. The van der Waals surface area contributed by atoms with Crippen LogP contribution >= 0.6 is 22.9 Å². The number of carbonyl (C=O) groups excluding carboxylic acids is 1. The first-order valence-electron chi connectivity index (χ1n) is 6.08. The SMILES string of the molecule is CC(C)(C)CC(C(=O)OCCNI)C(C)(C)C. The second-order valence-corrected chi connectivity index (χ2v) is 7.50. The molecular formula is C13H26INO2. The van der Waals surface area contributed by atoms with Gasteiger partial charge in [-0.2, -0.15) is 0 Å². The lowest BCUT2D eigenvalue weighted by atomic mass is 9.72. The molecule has 0 heterocycles. The number of hydrogen-bond acceptors (Lipinski definition) is 3. The van der Waals surface area contributed by atoms with Crippen LogP contribution in [0.15, 0.2) is 0 Å². The van der Waals surface area contributed by atoms with Crippen molar-refractivity contribution in [3.63, 3.8) is 0 Å². The van der Waals surface area contributed by atoms with Gasteiger partial charge in [-0.15, -0.1) is 0 Å². The minimum absolute atomic E-state index is 0.0447. The molecule has 4 heteroatoms. The van der Waals surface area contributed by atoms with Crippen molar-refractivity contribution in [3.05, 3.63) is 0 Å². The Morgan fingerprint density at radius 2 is 1.76 bits per heavy atom. The molecule has 0 bridgehead atoms. The van der Waals surface area contributed by atoms with E-state index in [2.05, 4.69) is 45.1 Å². The highest BCUT2D eigenvalue weighted by Gasteiger charge is 2.35. The zero-order valence-electron chi connectivity index (χ0n) is 11.9. The second kappa shape index (κ2) is 6.92. The third kappa shape index (κ3) is 7.97. The zero-order chi connectivity index (χ0) is 13.7. The Morgan fingerprint density at radius 1 is 1.24 bits per heavy atom.